The van der Waals surface area contributed by atoms with Crippen LogP contribution in [-0.2, 0) is 16.0 Å². The average Bonchev–Trinajstić information content (AvgIpc) is 2.62. The molecule has 2 amide bonds. The molecule has 1 aromatic heterocycles. The van der Waals surface area contributed by atoms with Crippen LogP contribution in [0.3, 0.4) is 0 Å². The van der Waals surface area contributed by atoms with Gasteiger partial charge >= 0.3 is 0 Å². The Morgan fingerprint density at radius 2 is 2.24 bits per heavy atom. The minimum atomic E-state index is -0.125. The van der Waals surface area contributed by atoms with Crippen LogP contribution in [0.15, 0.2) is 42.6 Å². The fourth-order valence-electron chi connectivity index (χ4n) is 2.65. The number of pyridine rings is 1. The molecule has 1 fully saturated rings. The molecule has 0 atom stereocenters. The van der Waals surface area contributed by atoms with Crippen molar-refractivity contribution in [2.24, 2.45) is 0 Å². The smallest absolute Gasteiger partial charge is 0.239 e. The summed E-state index contributed by atoms with van der Waals surface area (Å²) >= 11 is 0. The second-order valence-electron chi connectivity index (χ2n) is 5.75. The first-order valence-electron chi connectivity index (χ1n) is 8.04. The summed E-state index contributed by atoms with van der Waals surface area (Å²) in [6.07, 6.45) is 1.86. The maximum Gasteiger partial charge on any atom is 0.239 e. The normalized spacial score (nSPS) is 14.0. The van der Waals surface area contributed by atoms with Crippen LogP contribution in [0.5, 0.6) is 5.75 Å². The summed E-state index contributed by atoms with van der Waals surface area (Å²) in [6, 6.07) is 11.0. The number of amides is 2. The van der Waals surface area contributed by atoms with Crippen LogP contribution in [0.1, 0.15) is 5.56 Å². The van der Waals surface area contributed by atoms with Crippen molar-refractivity contribution >= 4 is 23.3 Å². The summed E-state index contributed by atoms with van der Waals surface area (Å²) < 4.78 is 5.16. The summed E-state index contributed by atoms with van der Waals surface area (Å²) in [5.41, 5.74) is 1.50. The Kier molecular flexibility index (Phi) is 5.13. The van der Waals surface area contributed by atoms with Crippen molar-refractivity contribution in [2.45, 2.75) is 6.42 Å². The summed E-state index contributed by atoms with van der Waals surface area (Å²) in [5.74, 6) is 1.31. The third kappa shape index (κ3) is 4.47. The standard InChI is InChI=1S/C18H20N4O3/c1-25-15-4-2-3-13(9-15)10-17(23)21-14-5-6-16(20-11-14)22-8-7-19-18(24)12-22/h2-6,9,11H,7-8,10,12H2,1H3,(H,19,24)(H,21,23). The highest BCUT2D eigenvalue weighted by molar-refractivity contribution is 5.92. The Labute approximate surface area is 146 Å². The minimum absolute atomic E-state index is 0.0104. The lowest BCUT2D eigenvalue weighted by molar-refractivity contribution is -0.120. The van der Waals surface area contributed by atoms with Crippen LogP contribution in [0.4, 0.5) is 11.5 Å². The van der Waals surface area contributed by atoms with Gasteiger partial charge in [-0.2, -0.15) is 0 Å². The van der Waals surface area contributed by atoms with E-state index in [0.29, 0.717) is 18.8 Å². The summed E-state index contributed by atoms with van der Waals surface area (Å²) in [5, 5.41) is 5.60. The van der Waals surface area contributed by atoms with Gasteiger partial charge in [-0.15, -0.1) is 0 Å². The van der Waals surface area contributed by atoms with E-state index < -0.39 is 0 Å². The van der Waals surface area contributed by atoms with Gasteiger partial charge in [0, 0.05) is 13.1 Å². The van der Waals surface area contributed by atoms with Crippen molar-refractivity contribution in [3.05, 3.63) is 48.2 Å². The lowest BCUT2D eigenvalue weighted by Gasteiger charge is -2.27. The van der Waals surface area contributed by atoms with E-state index >= 15 is 0 Å². The van der Waals surface area contributed by atoms with Gasteiger partial charge in [-0.3, -0.25) is 9.59 Å². The van der Waals surface area contributed by atoms with Crippen molar-refractivity contribution < 1.29 is 14.3 Å². The summed E-state index contributed by atoms with van der Waals surface area (Å²) in [4.78, 5) is 29.8. The maximum atomic E-state index is 12.2. The Bertz CT molecular complexity index is 761. The van der Waals surface area contributed by atoms with E-state index in [2.05, 4.69) is 15.6 Å². The van der Waals surface area contributed by atoms with Crippen LogP contribution in [-0.4, -0.2) is 43.5 Å². The van der Waals surface area contributed by atoms with Crippen molar-refractivity contribution in [3.63, 3.8) is 0 Å². The van der Waals surface area contributed by atoms with Gasteiger partial charge in [-0.25, -0.2) is 4.98 Å². The molecule has 130 valence electrons. The molecule has 3 rings (SSSR count). The fraction of sp³-hybridized carbons (Fsp3) is 0.278. The third-order valence-corrected chi connectivity index (χ3v) is 3.89. The third-order valence-electron chi connectivity index (χ3n) is 3.89. The van der Waals surface area contributed by atoms with E-state index in [-0.39, 0.29) is 18.2 Å². The van der Waals surface area contributed by atoms with E-state index in [1.54, 1.807) is 25.4 Å². The largest absolute Gasteiger partial charge is 0.497 e. The monoisotopic (exact) mass is 340 g/mol. The molecule has 0 bridgehead atoms. The topological polar surface area (TPSA) is 83.6 Å². The molecule has 7 nitrogen and oxygen atoms in total. The zero-order valence-corrected chi connectivity index (χ0v) is 14.0. The Hall–Kier alpha value is -3.09. The first-order valence-corrected chi connectivity index (χ1v) is 8.04. The average molecular weight is 340 g/mol. The van der Waals surface area contributed by atoms with E-state index in [4.69, 9.17) is 4.74 Å². The van der Waals surface area contributed by atoms with Gasteiger partial charge in [0.05, 0.1) is 32.0 Å². The van der Waals surface area contributed by atoms with Gasteiger partial charge in [-0.05, 0) is 29.8 Å². The molecule has 2 N–H and O–H groups in total. The zero-order valence-electron chi connectivity index (χ0n) is 14.0. The molecule has 0 unspecified atom stereocenters. The number of piperazine rings is 1. The Morgan fingerprint density at radius 3 is 2.96 bits per heavy atom. The highest BCUT2D eigenvalue weighted by Gasteiger charge is 2.17. The molecule has 0 saturated carbocycles. The molecule has 1 aliphatic heterocycles. The number of nitrogens with one attached hydrogen (secondary N) is 2. The number of ether oxygens (including phenoxy) is 1. The van der Waals surface area contributed by atoms with E-state index in [1.807, 2.05) is 29.2 Å². The van der Waals surface area contributed by atoms with Crippen molar-refractivity contribution in [1.29, 1.82) is 0 Å². The highest BCUT2D eigenvalue weighted by atomic mass is 16.5. The zero-order chi connectivity index (χ0) is 17.6. The van der Waals surface area contributed by atoms with Gasteiger partial charge in [0.2, 0.25) is 11.8 Å². The molecule has 2 aromatic rings. The van der Waals surface area contributed by atoms with Crippen LogP contribution in [0.25, 0.3) is 0 Å². The highest BCUT2D eigenvalue weighted by Crippen LogP contribution is 2.16. The predicted octanol–water partition coefficient (Wildman–Crippen LogP) is 1.21. The first kappa shape index (κ1) is 16.8. The number of methoxy groups -OCH3 is 1. The van der Waals surface area contributed by atoms with Crippen LogP contribution < -0.4 is 20.3 Å². The number of rotatable bonds is 5. The Morgan fingerprint density at radius 1 is 1.36 bits per heavy atom. The number of anilines is 2. The number of benzene rings is 1. The molecule has 25 heavy (non-hydrogen) atoms. The second kappa shape index (κ2) is 7.65. The number of aromatic nitrogens is 1. The Balaban J connectivity index is 1.59. The summed E-state index contributed by atoms with van der Waals surface area (Å²) in [6.45, 7) is 1.63. The molecule has 1 aliphatic rings. The maximum absolute atomic E-state index is 12.2. The van der Waals surface area contributed by atoms with Gasteiger partial charge in [-0.1, -0.05) is 12.1 Å². The molecule has 1 saturated heterocycles. The van der Waals surface area contributed by atoms with Crippen molar-refractivity contribution in [1.82, 2.24) is 10.3 Å². The van der Waals surface area contributed by atoms with Crippen LogP contribution >= 0.6 is 0 Å². The number of hydrogen-bond donors (Lipinski definition) is 2. The number of carbonyl (C=O) groups excluding carboxylic acids is 2. The second-order valence-corrected chi connectivity index (χ2v) is 5.75. The van der Waals surface area contributed by atoms with Crippen LogP contribution in [0, 0.1) is 0 Å². The van der Waals surface area contributed by atoms with Crippen molar-refractivity contribution in [2.75, 3.05) is 37.0 Å². The lowest BCUT2D eigenvalue weighted by Crippen LogP contribution is -2.48. The van der Waals surface area contributed by atoms with E-state index in [1.165, 1.54) is 0 Å². The molecule has 1 aromatic carbocycles. The number of hydrogen-bond acceptors (Lipinski definition) is 5. The van der Waals surface area contributed by atoms with Crippen LogP contribution in [0.2, 0.25) is 0 Å². The van der Waals surface area contributed by atoms with E-state index in [9.17, 15) is 9.59 Å². The predicted molar refractivity (Wildman–Crippen MR) is 94.8 cm³/mol. The fourth-order valence-corrected chi connectivity index (χ4v) is 2.65. The molecule has 0 aliphatic carbocycles. The SMILES string of the molecule is COc1cccc(CC(=O)Nc2ccc(N3CCNC(=O)C3)nc2)c1. The molecular weight excluding hydrogens is 320 g/mol. The first-order chi connectivity index (χ1) is 12.1. The van der Waals surface area contributed by atoms with Gasteiger partial charge in [0.15, 0.2) is 0 Å². The molecule has 0 spiro atoms. The molecule has 2 heterocycles. The number of nitrogens with zero attached hydrogens (tertiary/aromatic N) is 2. The van der Waals surface area contributed by atoms with Gasteiger partial charge in [0.25, 0.3) is 0 Å². The molecule has 0 radical (unpaired) electrons. The lowest BCUT2D eigenvalue weighted by atomic mass is 10.1. The minimum Gasteiger partial charge on any atom is -0.497 e. The van der Waals surface area contributed by atoms with Gasteiger partial charge in [0.1, 0.15) is 11.6 Å². The quantitative estimate of drug-likeness (QED) is 0.855. The number of carbonyl (C=O) groups is 2. The molecule has 7 heteroatoms. The summed E-state index contributed by atoms with van der Waals surface area (Å²) in [7, 11) is 1.60. The van der Waals surface area contributed by atoms with E-state index in [0.717, 1.165) is 23.7 Å². The van der Waals surface area contributed by atoms with Gasteiger partial charge < -0.3 is 20.3 Å². The van der Waals surface area contributed by atoms with Crippen molar-refractivity contribution in [3.8, 4) is 5.75 Å². The molecular formula is C18H20N4O3.